The lowest BCUT2D eigenvalue weighted by molar-refractivity contribution is 0.620. The van der Waals surface area contributed by atoms with Crippen molar-refractivity contribution in [3.63, 3.8) is 0 Å². The maximum Gasteiger partial charge on any atom is 0.227 e. The number of nitrogens with zero attached hydrogens (tertiary/aromatic N) is 2. The second-order valence-electron chi connectivity index (χ2n) is 14.2. The van der Waals surface area contributed by atoms with Gasteiger partial charge in [-0.25, -0.2) is 4.98 Å². The van der Waals surface area contributed by atoms with Gasteiger partial charge < -0.3 is 13.4 Å². The van der Waals surface area contributed by atoms with Crippen LogP contribution in [-0.4, -0.2) is 9.55 Å². The third kappa shape index (κ3) is 4.43. The lowest BCUT2D eigenvalue weighted by atomic mass is 9.89. The fourth-order valence-electron chi connectivity index (χ4n) is 8.80. The van der Waals surface area contributed by atoms with Crippen molar-refractivity contribution in [1.29, 1.82) is 0 Å². The maximum atomic E-state index is 6.84. The van der Waals surface area contributed by atoms with E-state index in [2.05, 4.69) is 156 Å². The number of hydrogen-bond donors (Lipinski definition) is 0. The van der Waals surface area contributed by atoms with Crippen LogP contribution in [0.25, 0.3) is 116 Å². The minimum Gasteiger partial charge on any atom is -0.455 e. The van der Waals surface area contributed by atoms with Gasteiger partial charge in [0.1, 0.15) is 16.7 Å². The first kappa shape index (κ1) is 30.1. The quantitative estimate of drug-likeness (QED) is 0.172. The van der Waals surface area contributed by atoms with E-state index in [9.17, 15) is 0 Å². The molecule has 9 aromatic carbocycles. The van der Waals surface area contributed by atoms with E-state index >= 15 is 0 Å². The highest BCUT2D eigenvalue weighted by molar-refractivity contribution is 6.23. The highest BCUT2D eigenvalue weighted by Gasteiger charge is 2.22. The van der Waals surface area contributed by atoms with E-state index < -0.39 is 0 Å². The summed E-state index contributed by atoms with van der Waals surface area (Å²) in [6, 6.07) is 64.5. The third-order valence-electron chi connectivity index (χ3n) is 11.2. The van der Waals surface area contributed by atoms with Crippen LogP contribution in [0.15, 0.2) is 191 Å². The monoisotopic (exact) mass is 702 g/mol. The molecule has 0 saturated heterocycles. The summed E-state index contributed by atoms with van der Waals surface area (Å²) in [5.74, 6) is 0.617. The Morgan fingerprint density at radius 1 is 0.382 bits per heavy atom. The van der Waals surface area contributed by atoms with Gasteiger partial charge in [-0.05, 0) is 70.4 Å². The van der Waals surface area contributed by atoms with Crippen molar-refractivity contribution < 1.29 is 8.83 Å². The van der Waals surface area contributed by atoms with E-state index in [-0.39, 0.29) is 0 Å². The van der Waals surface area contributed by atoms with Gasteiger partial charge in [0.15, 0.2) is 5.58 Å². The number of rotatable bonds is 4. The summed E-state index contributed by atoms with van der Waals surface area (Å²) in [5.41, 5.74) is 12.3. The van der Waals surface area contributed by atoms with Crippen molar-refractivity contribution in [3.8, 4) is 39.4 Å². The molecular formula is C51H30N2O2. The number of aromatic nitrogens is 2. The fraction of sp³-hybridized carbons (Fsp3) is 0. The summed E-state index contributed by atoms with van der Waals surface area (Å²) in [6.45, 7) is 0. The first-order chi connectivity index (χ1) is 27.3. The smallest absolute Gasteiger partial charge is 0.227 e. The van der Waals surface area contributed by atoms with Gasteiger partial charge in [0.05, 0.1) is 16.7 Å². The summed E-state index contributed by atoms with van der Waals surface area (Å²) in [5, 5.41) is 9.42. The standard InChI is InChI=1S/C51H30N2O2/c1-3-19-38-36(17-1)48(37-18-2-4-20-39(37)49(38)53-44-24-8-5-15-34(44)35-16-6-9-25-45(35)53)41-22-12-21-40-42-30-32(27-28-46(42)54-50(40)41)31-13-11-14-33(29-31)51-52-43-23-7-10-26-47(43)55-51/h1-30H. The molecule has 0 unspecified atom stereocenters. The summed E-state index contributed by atoms with van der Waals surface area (Å²) in [4.78, 5) is 4.75. The molecule has 0 spiro atoms. The molecule has 4 nitrogen and oxygen atoms in total. The van der Waals surface area contributed by atoms with Crippen molar-refractivity contribution in [3.05, 3.63) is 182 Å². The van der Waals surface area contributed by atoms with Crippen LogP contribution in [0.4, 0.5) is 0 Å². The average Bonchev–Trinajstić information content (AvgIpc) is 3.95. The molecule has 0 aliphatic heterocycles. The van der Waals surface area contributed by atoms with Gasteiger partial charge in [-0.1, -0.05) is 133 Å². The molecular weight excluding hydrogens is 673 g/mol. The minimum absolute atomic E-state index is 0.617. The van der Waals surface area contributed by atoms with Crippen LogP contribution in [0.2, 0.25) is 0 Å². The van der Waals surface area contributed by atoms with E-state index in [1.165, 1.54) is 54.6 Å². The first-order valence-corrected chi connectivity index (χ1v) is 18.6. The third-order valence-corrected chi connectivity index (χ3v) is 11.2. The van der Waals surface area contributed by atoms with Gasteiger partial charge >= 0.3 is 0 Å². The van der Waals surface area contributed by atoms with Crippen molar-refractivity contribution in [1.82, 2.24) is 9.55 Å². The Balaban J connectivity index is 1.07. The zero-order valence-electron chi connectivity index (χ0n) is 29.5. The van der Waals surface area contributed by atoms with Crippen LogP contribution < -0.4 is 0 Å². The van der Waals surface area contributed by atoms with Gasteiger partial charge in [-0.15, -0.1) is 0 Å². The van der Waals surface area contributed by atoms with Crippen LogP contribution in [-0.2, 0) is 0 Å². The normalized spacial score (nSPS) is 12.0. The Labute approximate surface area is 315 Å². The van der Waals surface area contributed by atoms with Crippen LogP contribution in [0, 0.1) is 0 Å². The largest absolute Gasteiger partial charge is 0.455 e. The van der Waals surface area contributed by atoms with Crippen molar-refractivity contribution in [2.24, 2.45) is 0 Å². The van der Waals surface area contributed by atoms with Crippen LogP contribution in [0.1, 0.15) is 0 Å². The first-order valence-electron chi connectivity index (χ1n) is 18.6. The summed E-state index contributed by atoms with van der Waals surface area (Å²) in [7, 11) is 0. The average molecular weight is 703 g/mol. The van der Waals surface area contributed by atoms with E-state index in [1.54, 1.807) is 0 Å². The van der Waals surface area contributed by atoms with E-state index in [0.29, 0.717) is 5.89 Å². The highest BCUT2D eigenvalue weighted by atomic mass is 16.3. The molecule has 12 rings (SSSR count). The number of fused-ring (bicyclic) bond motifs is 9. The number of hydrogen-bond acceptors (Lipinski definition) is 3. The Kier molecular flexibility index (Phi) is 6.31. The zero-order valence-corrected chi connectivity index (χ0v) is 29.5. The second-order valence-corrected chi connectivity index (χ2v) is 14.2. The molecule has 0 radical (unpaired) electrons. The molecule has 0 aliphatic rings. The number of oxazole rings is 1. The number of furan rings is 1. The highest BCUT2D eigenvalue weighted by Crippen LogP contribution is 2.47. The van der Waals surface area contributed by atoms with Crippen LogP contribution >= 0.6 is 0 Å². The molecule has 0 fully saturated rings. The van der Waals surface area contributed by atoms with E-state index in [0.717, 1.165) is 55.3 Å². The van der Waals surface area contributed by atoms with Crippen LogP contribution in [0.3, 0.4) is 0 Å². The topological polar surface area (TPSA) is 44.1 Å². The van der Waals surface area contributed by atoms with E-state index in [1.807, 2.05) is 30.3 Å². The predicted molar refractivity (Wildman–Crippen MR) is 227 cm³/mol. The molecule has 55 heavy (non-hydrogen) atoms. The minimum atomic E-state index is 0.617. The molecule has 3 aromatic heterocycles. The van der Waals surface area contributed by atoms with Gasteiger partial charge in [0.25, 0.3) is 0 Å². The molecule has 4 heteroatoms. The molecule has 0 saturated carbocycles. The van der Waals surface area contributed by atoms with Crippen molar-refractivity contribution in [2.45, 2.75) is 0 Å². The summed E-state index contributed by atoms with van der Waals surface area (Å²) in [6.07, 6.45) is 0. The van der Waals surface area contributed by atoms with Gasteiger partial charge in [0, 0.05) is 49.0 Å². The molecule has 256 valence electrons. The molecule has 12 aromatic rings. The van der Waals surface area contributed by atoms with Crippen molar-refractivity contribution in [2.75, 3.05) is 0 Å². The van der Waals surface area contributed by atoms with E-state index in [4.69, 9.17) is 13.8 Å². The van der Waals surface area contributed by atoms with Gasteiger partial charge in [-0.3, -0.25) is 0 Å². The number of benzene rings is 9. The molecule has 0 aliphatic carbocycles. The molecule has 0 atom stereocenters. The molecule has 0 amide bonds. The van der Waals surface area contributed by atoms with Crippen LogP contribution in [0.5, 0.6) is 0 Å². The molecule has 0 bridgehead atoms. The molecule has 3 heterocycles. The van der Waals surface area contributed by atoms with Gasteiger partial charge in [-0.2, -0.15) is 0 Å². The summed E-state index contributed by atoms with van der Waals surface area (Å²) >= 11 is 0. The second kappa shape index (κ2) is 11.5. The Hall–Kier alpha value is -7.43. The van der Waals surface area contributed by atoms with Crippen molar-refractivity contribution >= 4 is 76.4 Å². The lowest BCUT2D eigenvalue weighted by Crippen LogP contribution is -1.99. The number of para-hydroxylation sites is 5. The lowest BCUT2D eigenvalue weighted by Gasteiger charge is -2.19. The van der Waals surface area contributed by atoms with Gasteiger partial charge in [0.2, 0.25) is 5.89 Å². The SMILES string of the molecule is c1cc(-c2ccc3oc4c(-c5c6ccccc6c(-n6c7ccccc7c7ccccc76)c6ccccc56)cccc4c3c2)cc(-c2nc3ccccc3o2)c1. The molecule has 0 N–H and O–H groups in total. The Morgan fingerprint density at radius 3 is 1.69 bits per heavy atom. The Bertz CT molecular complexity index is 3370. The summed E-state index contributed by atoms with van der Waals surface area (Å²) < 4.78 is 15.4. The predicted octanol–water partition coefficient (Wildman–Crippen LogP) is 14.1. The maximum absolute atomic E-state index is 6.84. The zero-order chi connectivity index (χ0) is 36.0. The fourth-order valence-corrected chi connectivity index (χ4v) is 8.80. The Morgan fingerprint density at radius 2 is 0.964 bits per heavy atom.